The van der Waals surface area contributed by atoms with Crippen molar-refractivity contribution in [2.24, 2.45) is 5.10 Å². The Balaban J connectivity index is 2.05. The summed E-state index contributed by atoms with van der Waals surface area (Å²) in [5.74, 6) is 1.31. The average molecular weight is 314 g/mol. The Labute approximate surface area is 135 Å². The van der Waals surface area contributed by atoms with Crippen LogP contribution in [0, 0.1) is 0 Å². The molecule has 0 saturated heterocycles. The van der Waals surface area contributed by atoms with E-state index in [0.717, 1.165) is 23.4 Å². The Kier molecular flexibility index (Phi) is 5.91. The molecule has 0 atom stereocenters. The summed E-state index contributed by atoms with van der Waals surface area (Å²) in [6.45, 7) is 6.72. The molecule has 0 fully saturated rings. The van der Waals surface area contributed by atoms with Crippen molar-refractivity contribution in [2.75, 3.05) is 12.0 Å². The lowest BCUT2D eigenvalue weighted by molar-refractivity contribution is 0.317. The van der Waals surface area contributed by atoms with E-state index in [0.29, 0.717) is 12.6 Å². The summed E-state index contributed by atoms with van der Waals surface area (Å²) in [5, 5.41) is 4.11. The summed E-state index contributed by atoms with van der Waals surface area (Å²) in [4.78, 5) is 18.5. The lowest BCUT2D eigenvalue weighted by Gasteiger charge is -2.06. The van der Waals surface area contributed by atoms with Crippen LogP contribution in [0.2, 0.25) is 0 Å². The van der Waals surface area contributed by atoms with Gasteiger partial charge in [-0.1, -0.05) is 32.9 Å². The fourth-order valence-electron chi connectivity index (χ4n) is 1.90. The minimum absolute atomic E-state index is 0.175. The quantitative estimate of drug-likeness (QED) is 0.608. The van der Waals surface area contributed by atoms with E-state index in [4.69, 9.17) is 4.74 Å². The van der Waals surface area contributed by atoms with Crippen molar-refractivity contribution in [3.8, 4) is 5.75 Å². The first-order chi connectivity index (χ1) is 11.1. The normalized spacial score (nSPS) is 11.1. The molecule has 0 saturated carbocycles. The molecule has 1 aromatic heterocycles. The van der Waals surface area contributed by atoms with Crippen LogP contribution in [-0.4, -0.2) is 22.8 Å². The summed E-state index contributed by atoms with van der Waals surface area (Å²) < 4.78 is 5.58. The Morgan fingerprint density at radius 3 is 2.96 bits per heavy atom. The van der Waals surface area contributed by atoms with Crippen LogP contribution >= 0.6 is 0 Å². The van der Waals surface area contributed by atoms with Crippen molar-refractivity contribution in [1.82, 2.24) is 9.97 Å². The van der Waals surface area contributed by atoms with Gasteiger partial charge in [-0.3, -0.25) is 9.78 Å². The van der Waals surface area contributed by atoms with Gasteiger partial charge in [-0.2, -0.15) is 5.10 Å². The van der Waals surface area contributed by atoms with Gasteiger partial charge in [0.15, 0.2) is 0 Å². The third-order valence-electron chi connectivity index (χ3n) is 3.07. The first-order valence-electron chi connectivity index (χ1n) is 7.71. The second kappa shape index (κ2) is 8.12. The van der Waals surface area contributed by atoms with E-state index in [2.05, 4.69) is 27.4 Å². The number of H-pyrrole nitrogens is 1. The number of hydrogen-bond acceptors (Lipinski definition) is 5. The van der Waals surface area contributed by atoms with Gasteiger partial charge in [0, 0.05) is 6.07 Å². The minimum atomic E-state index is -0.198. The summed E-state index contributed by atoms with van der Waals surface area (Å²) in [5.41, 5.74) is 4.18. The fourth-order valence-corrected chi connectivity index (χ4v) is 1.90. The van der Waals surface area contributed by atoms with Crippen LogP contribution in [0.4, 0.5) is 5.95 Å². The molecular formula is C17H22N4O2. The number of aromatic amines is 1. The second-order valence-electron chi connectivity index (χ2n) is 5.46. The van der Waals surface area contributed by atoms with E-state index in [1.165, 1.54) is 6.07 Å². The van der Waals surface area contributed by atoms with E-state index < -0.39 is 0 Å². The maximum atomic E-state index is 11.6. The van der Waals surface area contributed by atoms with Crippen molar-refractivity contribution < 1.29 is 4.74 Å². The molecule has 122 valence electrons. The maximum absolute atomic E-state index is 11.6. The molecular weight excluding hydrogens is 292 g/mol. The van der Waals surface area contributed by atoms with Crippen LogP contribution in [0.25, 0.3) is 0 Å². The van der Waals surface area contributed by atoms with E-state index in [9.17, 15) is 4.79 Å². The van der Waals surface area contributed by atoms with Gasteiger partial charge < -0.3 is 4.74 Å². The van der Waals surface area contributed by atoms with Crippen LogP contribution < -0.4 is 15.7 Å². The molecule has 23 heavy (non-hydrogen) atoms. The number of hydrazone groups is 1. The zero-order chi connectivity index (χ0) is 16.7. The summed E-state index contributed by atoms with van der Waals surface area (Å²) in [6.07, 6.45) is 2.62. The molecule has 0 aliphatic heterocycles. The largest absolute Gasteiger partial charge is 0.494 e. The highest BCUT2D eigenvalue weighted by Gasteiger charge is 2.04. The second-order valence-corrected chi connectivity index (χ2v) is 5.46. The molecule has 0 bridgehead atoms. The van der Waals surface area contributed by atoms with Crippen LogP contribution in [-0.2, 0) is 0 Å². The van der Waals surface area contributed by atoms with Crippen LogP contribution in [0.5, 0.6) is 5.75 Å². The predicted octanol–water partition coefficient (Wildman–Crippen LogP) is 3.13. The van der Waals surface area contributed by atoms with Gasteiger partial charge in [-0.15, -0.1) is 0 Å². The Bertz CT molecular complexity index is 723. The van der Waals surface area contributed by atoms with Gasteiger partial charge >= 0.3 is 0 Å². The van der Waals surface area contributed by atoms with Crippen molar-refractivity contribution >= 4 is 12.2 Å². The highest BCUT2D eigenvalue weighted by Crippen LogP contribution is 2.13. The van der Waals surface area contributed by atoms with Gasteiger partial charge in [-0.05, 0) is 30.0 Å². The monoisotopic (exact) mass is 314 g/mol. The van der Waals surface area contributed by atoms with E-state index in [1.807, 2.05) is 38.1 Å². The number of nitrogens with zero attached hydrogens (tertiary/aromatic N) is 2. The van der Waals surface area contributed by atoms with Gasteiger partial charge in [0.05, 0.1) is 18.5 Å². The first-order valence-corrected chi connectivity index (χ1v) is 7.71. The average Bonchev–Trinajstić information content (AvgIpc) is 2.53. The number of aromatic nitrogens is 2. The molecule has 0 unspecified atom stereocenters. The van der Waals surface area contributed by atoms with Crippen molar-refractivity contribution in [3.63, 3.8) is 0 Å². The molecule has 1 aromatic carbocycles. The van der Waals surface area contributed by atoms with Crippen LogP contribution in [0.3, 0.4) is 0 Å². The Morgan fingerprint density at radius 2 is 2.22 bits per heavy atom. The Hall–Kier alpha value is -2.63. The van der Waals surface area contributed by atoms with E-state index in [-0.39, 0.29) is 11.5 Å². The van der Waals surface area contributed by atoms with Crippen molar-refractivity contribution in [3.05, 3.63) is 51.9 Å². The third-order valence-corrected chi connectivity index (χ3v) is 3.07. The smallest absolute Gasteiger partial charge is 0.252 e. The standard InChI is InChI=1S/C17H22N4O2/c1-4-8-23-14-7-5-6-13(9-14)11-18-21-17-19-15(12(2)3)10-16(22)20-17/h5-7,9-12H,4,8H2,1-3H3,(H2,19,20,21,22)/b18-11-. The lowest BCUT2D eigenvalue weighted by Crippen LogP contribution is -2.12. The fraction of sp³-hybridized carbons (Fsp3) is 0.353. The zero-order valence-electron chi connectivity index (χ0n) is 13.7. The molecule has 2 aromatic rings. The van der Waals surface area contributed by atoms with Gasteiger partial charge in [0.1, 0.15) is 5.75 Å². The molecule has 0 aliphatic carbocycles. The number of ether oxygens (including phenoxy) is 1. The van der Waals surface area contributed by atoms with E-state index >= 15 is 0 Å². The summed E-state index contributed by atoms with van der Waals surface area (Å²) in [7, 11) is 0. The van der Waals surface area contributed by atoms with Gasteiger partial charge in [-0.25, -0.2) is 10.4 Å². The van der Waals surface area contributed by atoms with Crippen molar-refractivity contribution in [2.45, 2.75) is 33.1 Å². The Morgan fingerprint density at radius 1 is 1.39 bits per heavy atom. The summed E-state index contributed by atoms with van der Waals surface area (Å²) in [6, 6.07) is 9.14. The molecule has 2 rings (SSSR count). The number of hydrogen-bond donors (Lipinski definition) is 2. The third kappa shape index (κ3) is 5.25. The molecule has 0 amide bonds. The molecule has 6 nitrogen and oxygen atoms in total. The topological polar surface area (TPSA) is 79.4 Å². The SMILES string of the molecule is CCCOc1cccc(/C=N\Nc2nc(C(C)C)cc(=O)[nH]2)c1. The molecule has 0 radical (unpaired) electrons. The number of anilines is 1. The molecule has 0 spiro atoms. The number of rotatable bonds is 7. The highest BCUT2D eigenvalue weighted by molar-refractivity contribution is 5.80. The van der Waals surface area contributed by atoms with Gasteiger partial charge in [0.2, 0.25) is 5.95 Å². The van der Waals surface area contributed by atoms with Crippen molar-refractivity contribution in [1.29, 1.82) is 0 Å². The van der Waals surface area contributed by atoms with Gasteiger partial charge in [0.25, 0.3) is 5.56 Å². The molecule has 6 heteroatoms. The zero-order valence-corrected chi connectivity index (χ0v) is 13.7. The molecule has 1 heterocycles. The number of nitrogens with one attached hydrogen (secondary N) is 2. The molecule has 0 aliphatic rings. The lowest BCUT2D eigenvalue weighted by atomic mass is 10.1. The van der Waals surface area contributed by atoms with Crippen LogP contribution in [0.15, 0.2) is 40.2 Å². The highest BCUT2D eigenvalue weighted by atomic mass is 16.5. The first kappa shape index (κ1) is 16.7. The summed E-state index contributed by atoms with van der Waals surface area (Å²) >= 11 is 0. The predicted molar refractivity (Wildman–Crippen MR) is 92.4 cm³/mol. The number of benzene rings is 1. The van der Waals surface area contributed by atoms with E-state index in [1.54, 1.807) is 6.21 Å². The minimum Gasteiger partial charge on any atom is -0.494 e. The molecule has 2 N–H and O–H groups in total. The maximum Gasteiger partial charge on any atom is 0.252 e. The van der Waals surface area contributed by atoms with Crippen LogP contribution in [0.1, 0.15) is 44.4 Å².